The van der Waals surface area contributed by atoms with Crippen LogP contribution < -0.4 is 5.73 Å². The summed E-state index contributed by atoms with van der Waals surface area (Å²) in [5.74, 6) is 0.530. The number of anilines is 1. The van der Waals surface area contributed by atoms with Gasteiger partial charge in [-0.2, -0.15) is 0 Å². The topological polar surface area (TPSA) is 72.5 Å². The van der Waals surface area contributed by atoms with Gasteiger partial charge in [-0.15, -0.1) is 0 Å². The molecule has 17 heavy (non-hydrogen) atoms. The Morgan fingerprint density at radius 2 is 2.18 bits per heavy atom. The van der Waals surface area contributed by atoms with Crippen molar-refractivity contribution in [3.63, 3.8) is 0 Å². The van der Waals surface area contributed by atoms with Crippen LogP contribution in [0.2, 0.25) is 0 Å². The molecule has 86 valence electrons. The minimum absolute atomic E-state index is 0.530. The van der Waals surface area contributed by atoms with Crippen LogP contribution >= 0.6 is 0 Å². The highest BCUT2D eigenvalue weighted by Gasteiger charge is 2.11. The number of hydrogen-bond acceptors (Lipinski definition) is 3. The summed E-state index contributed by atoms with van der Waals surface area (Å²) < 4.78 is 1.88. The zero-order valence-electron chi connectivity index (χ0n) is 9.73. The van der Waals surface area contributed by atoms with Gasteiger partial charge >= 0.3 is 0 Å². The van der Waals surface area contributed by atoms with E-state index in [9.17, 15) is 0 Å². The van der Waals surface area contributed by atoms with Crippen molar-refractivity contribution in [3.05, 3.63) is 30.2 Å². The predicted molar refractivity (Wildman–Crippen MR) is 67.4 cm³/mol. The van der Waals surface area contributed by atoms with Crippen LogP contribution in [0, 0.1) is 6.92 Å². The van der Waals surface area contributed by atoms with Gasteiger partial charge in [0.15, 0.2) is 0 Å². The Balaban J connectivity index is 2.22. The number of nitrogens with two attached hydrogens (primary N) is 1. The molecule has 2 heterocycles. The summed E-state index contributed by atoms with van der Waals surface area (Å²) in [7, 11) is 1.91. The van der Waals surface area contributed by atoms with Gasteiger partial charge in [-0.25, -0.2) is 9.97 Å². The number of benzene rings is 1. The van der Waals surface area contributed by atoms with Crippen LogP contribution in [0.1, 0.15) is 5.69 Å². The van der Waals surface area contributed by atoms with E-state index in [2.05, 4.69) is 15.0 Å². The summed E-state index contributed by atoms with van der Waals surface area (Å²) in [6.45, 7) is 2.01. The Morgan fingerprint density at radius 3 is 2.88 bits per heavy atom. The van der Waals surface area contributed by atoms with Gasteiger partial charge in [0.2, 0.25) is 5.95 Å². The number of fused-ring (bicyclic) bond motifs is 1. The Hall–Kier alpha value is -2.30. The van der Waals surface area contributed by atoms with E-state index in [0.717, 1.165) is 28.0 Å². The van der Waals surface area contributed by atoms with E-state index < -0.39 is 0 Å². The highest BCUT2D eigenvalue weighted by atomic mass is 15.1. The fourth-order valence-electron chi connectivity index (χ4n) is 1.96. The molecule has 3 N–H and O–H groups in total. The summed E-state index contributed by atoms with van der Waals surface area (Å²) in [4.78, 5) is 11.7. The summed E-state index contributed by atoms with van der Waals surface area (Å²) in [5.41, 5.74) is 10.8. The fraction of sp³-hybridized carbons (Fsp3) is 0.167. The smallest absolute Gasteiger partial charge is 0.200 e. The second-order valence-electron chi connectivity index (χ2n) is 4.10. The number of imidazole rings is 2. The first-order valence-corrected chi connectivity index (χ1v) is 5.39. The summed E-state index contributed by atoms with van der Waals surface area (Å²) in [5, 5.41) is 0. The van der Waals surface area contributed by atoms with Gasteiger partial charge in [0, 0.05) is 18.3 Å². The lowest BCUT2D eigenvalue weighted by Crippen LogP contribution is -1.97. The third kappa shape index (κ3) is 1.39. The first kappa shape index (κ1) is 9.89. The number of rotatable bonds is 1. The van der Waals surface area contributed by atoms with Gasteiger partial charge in [-0.3, -0.25) is 0 Å². The normalized spacial score (nSPS) is 11.2. The predicted octanol–water partition coefficient (Wildman–Crippen LogP) is 1.85. The molecule has 0 aliphatic rings. The van der Waals surface area contributed by atoms with Crippen molar-refractivity contribution in [2.75, 3.05) is 5.73 Å². The van der Waals surface area contributed by atoms with Crippen molar-refractivity contribution in [2.45, 2.75) is 6.92 Å². The van der Waals surface area contributed by atoms with Gasteiger partial charge in [-0.05, 0) is 19.1 Å². The van der Waals surface area contributed by atoms with E-state index in [1.807, 2.05) is 36.7 Å². The van der Waals surface area contributed by atoms with E-state index in [-0.39, 0.29) is 0 Å². The van der Waals surface area contributed by atoms with Crippen molar-refractivity contribution in [1.29, 1.82) is 0 Å². The van der Waals surface area contributed by atoms with Crippen LogP contribution in [0.4, 0.5) is 5.95 Å². The number of H-pyrrole nitrogens is 1. The van der Waals surface area contributed by atoms with E-state index in [1.54, 1.807) is 6.33 Å². The third-order valence-corrected chi connectivity index (χ3v) is 3.11. The van der Waals surface area contributed by atoms with Crippen LogP contribution in [0.3, 0.4) is 0 Å². The monoisotopic (exact) mass is 227 g/mol. The lowest BCUT2D eigenvalue weighted by molar-refractivity contribution is 0.889. The minimum Gasteiger partial charge on any atom is -0.369 e. The Labute approximate surface area is 98.3 Å². The van der Waals surface area contributed by atoms with Gasteiger partial charge < -0.3 is 15.3 Å². The van der Waals surface area contributed by atoms with Crippen LogP contribution in [0.5, 0.6) is 0 Å². The Morgan fingerprint density at radius 1 is 1.35 bits per heavy atom. The molecule has 0 amide bonds. The molecule has 0 aliphatic carbocycles. The highest BCUT2D eigenvalue weighted by molar-refractivity contribution is 5.81. The van der Waals surface area contributed by atoms with Crippen LogP contribution in [0.15, 0.2) is 24.5 Å². The average Bonchev–Trinajstić information content (AvgIpc) is 2.89. The van der Waals surface area contributed by atoms with Gasteiger partial charge in [0.05, 0.1) is 23.1 Å². The maximum atomic E-state index is 5.80. The molecule has 0 bridgehead atoms. The third-order valence-electron chi connectivity index (χ3n) is 3.11. The van der Waals surface area contributed by atoms with Gasteiger partial charge in [0.25, 0.3) is 0 Å². The average molecular weight is 227 g/mol. The molecule has 0 atom stereocenters. The molecular formula is C12H13N5. The zero-order valence-corrected chi connectivity index (χ0v) is 9.73. The van der Waals surface area contributed by atoms with Crippen molar-refractivity contribution in [3.8, 4) is 11.3 Å². The maximum absolute atomic E-state index is 5.80. The number of nitrogens with zero attached hydrogens (tertiary/aromatic N) is 3. The molecule has 5 nitrogen and oxygen atoms in total. The van der Waals surface area contributed by atoms with Crippen molar-refractivity contribution >= 4 is 17.0 Å². The molecule has 0 saturated carbocycles. The quantitative estimate of drug-likeness (QED) is 0.666. The maximum Gasteiger partial charge on any atom is 0.200 e. The Kier molecular flexibility index (Phi) is 1.95. The largest absolute Gasteiger partial charge is 0.369 e. The first-order valence-electron chi connectivity index (χ1n) is 5.39. The van der Waals surface area contributed by atoms with E-state index in [1.165, 1.54) is 0 Å². The number of aromatic nitrogens is 4. The minimum atomic E-state index is 0.530. The fourth-order valence-corrected chi connectivity index (χ4v) is 1.96. The molecule has 1 aromatic carbocycles. The zero-order chi connectivity index (χ0) is 12.0. The van der Waals surface area contributed by atoms with Crippen LogP contribution in [-0.4, -0.2) is 19.5 Å². The first-order chi connectivity index (χ1) is 8.16. The number of hydrogen-bond donors (Lipinski definition) is 2. The number of aromatic amines is 1. The SMILES string of the molecule is Cc1c(-c2ccc3nc[nH]c3c2)nc(N)n1C. The van der Waals surface area contributed by atoms with Crippen LogP contribution in [-0.2, 0) is 7.05 Å². The molecular weight excluding hydrogens is 214 g/mol. The second-order valence-corrected chi connectivity index (χ2v) is 4.10. The summed E-state index contributed by atoms with van der Waals surface area (Å²) in [6, 6.07) is 6.03. The molecule has 3 rings (SSSR count). The molecule has 2 aromatic heterocycles. The van der Waals surface area contributed by atoms with Crippen LogP contribution in [0.25, 0.3) is 22.3 Å². The van der Waals surface area contributed by atoms with Crippen molar-refractivity contribution in [2.24, 2.45) is 7.05 Å². The van der Waals surface area contributed by atoms with E-state index in [4.69, 9.17) is 5.73 Å². The standard InChI is InChI=1S/C12H13N5/c1-7-11(16-12(13)17(7)2)8-3-4-9-10(5-8)15-6-14-9/h3-6H,1-2H3,(H2,13,16)(H,14,15). The lowest BCUT2D eigenvalue weighted by atomic mass is 10.1. The van der Waals surface area contributed by atoms with Gasteiger partial charge in [0.1, 0.15) is 0 Å². The summed E-state index contributed by atoms with van der Waals surface area (Å²) >= 11 is 0. The molecule has 0 aliphatic heterocycles. The van der Waals surface area contributed by atoms with E-state index in [0.29, 0.717) is 5.95 Å². The molecule has 0 unspecified atom stereocenters. The molecule has 0 spiro atoms. The van der Waals surface area contributed by atoms with Gasteiger partial charge in [-0.1, -0.05) is 6.07 Å². The number of nitrogens with one attached hydrogen (secondary N) is 1. The van der Waals surface area contributed by atoms with E-state index >= 15 is 0 Å². The molecule has 0 fully saturated rings. The molecule has 0 saturated heterocycles. The van der Waals surface area contributed by atoms with Crippen molar-refractivity contribution < 1.29 is 0 Å². The van der Waals surface area contributed by atoms with Crippen molar-refractivity contribution in [1.82, 2.24) is 19.5 Å². The lowest BCUT2D eigenvalue weighted by Gasteiger charge is -2.00. The summed E-state index contributed by atoms with van der Waals surface area (Å²) in [6.07, 6.45) is 1.69. The molecule has 5 heteroatoms. The molecule has 0 radical (unpaired) electrons. The number of nitrogen functional groups attached to an aromatic ring is 1. The molecule has 3 aromatic rings. The highest BCUT2D eigenvalue weighted by Crippen LogP contribution is 2.26. The Bertz CT molecular complexity index is 692. The second kappa shape index (κ2) is 3.35.